The van der Waals surface area contributed by atoms with E-state index in [0.29, 0.717) is 22.6 Å². The molecule has 0 aliphatic heterocycles. The molecule has 1 amide bonds. The fraction of sp³-hybridized carbons (Fsp3) is 0.129. The number of hydrogen-bond donors (Lipinski definition) is 1. The van der Waals surface area contributed by atoms with E-state index in [4.69, 9.17) is 21.6 Å². The second-order valence-electron chi connectivity index (χ2n) is 9.00. The molecule has 4 aromatic carbocycles. The lowest BCUT2D eigenvalue weighted by Crippen LogP contribution is -2.25. The Kier molecular flexibility index (Phi) is 6.79. The third kappa shape index (κ3) is 5.29. The number of carbonyl (C=O) groups is 1. The molecule has 5 aromatic rings. The normalized spacial score (nSPS) is 11.0. The van der Waals surface area contributed by atoms with E-state index in [2.05, 4.69) is 55.6 Å². The third-order valence-electron chi connectivity index (χ3n) is 6.12. The Labute approximate surface area is 216 Å². The first kappa shape index (κ1) is 23.7. The number of fused-ring (bicyclic) bond motifs is 1. The number of nitrogens with zero attached hydrogens (tertiary/aromatic N) is 2. The lowest BCUT2D eigenvalue weighted by Gasteiger charge is -2.12. The van der Waals surface area contributed by atoms with Crippen LogP contribution in [0.2, 0.25) is 5.02 Å². The molecule has 4 nitrogen and oxygen atoms in total. The molecule has 1 N–H and O–H groups in total. The number of aryl methyl sites for hydroxylation is 2. The number of amides is 1. The van der Waals surface area contributed by atoms with Crippen molar-refractivity contribution in [3.05, 3.63) is 118 Å². The van der Waals surface area contributed by atoms with E-state index < -0.39 is 0 Å². The highest BCUT2D eigenvalue weighted by Gasteiger charge is 2.15. The average molecular weight is 492 g/mol. The van der Waals surface area contributed by atoms with Crippen LogP contribution in [0.4, 0.5) is 0 Å². The zero-order valence-electron chi connectivity index (χ0n) is 20.3. The van der Waals surface area contributed by atoms with Crippen molar-refractivity contribution < 1.29 is 4.79 Å². The molecule has 0 aliphatic carbocycles. The van der Waals surface area contributed by atoms with Gasteiger partial charge < -0.3 is 5.32 Å². The maximum Gasteiger partial charge on any atom is 0.251 e. The summed E-state index contributed by atoms with van der Waals surface area (Å²) in [6, 6.07) is 29.7. The Bertz CT molecular complexity index is 1560. The average Bonchev–Trinajstić information content (AvgIpc) is 2.88. The summed E-state index contributed by atoms with van der Waals surface area (Å²) < 4.78 is 0. The first-order valence-corrected chi connectivity index (χ1v) is 12.3. The van der Waals surface area contributed by atoms with Gasteiger partial charge in [-0.15, -0.1) is 0 Å². The monoisotopic (exact) mass is 491 g/mol. The van der Waals surface area contributed by atoms with Crippen molar-refractivity contribution in [3.8, 4) is 22.5 Å². The van der Waals surface area contributed by atoms with Crippen LogP contribution in [0.5, 0.6) is 0 Å². The van der Waals surface area contributed by atoms with Gasteiger partial charge in [-0.1, -0.05) is 71.3 Å². The largest absolute Gasteiger partial charge is 0.352 e. The highest BCUT2D eigenvalue weighted by atomic mass is 35.5. The van der Waals surface area contributed by atoms with Crippen LogP contribution in [0.1, 0.15) is 27.0 Å². The lowest BCUT2D eigenvalue weighted by atomic mass is 10.0. The minimum Gasteiger partial charge on any atom is -0.352 e. The minimum atomic E-state index is -0.132. The standard InChI is InChI=1S/C31H26ClN3O/c1-20-5-3-7-23(17-20)29-30(24-8-4-6-21(2)18-24)35-28-19-25(11-14-27(28)34-29)31(36)33-16-15-22-9-12-26(32)13-10-22/h3-14,17-19H,15-16H2,1-2H3,(H,33,36). The topological polar surface area (TPSA) is 54.9 Å². The summed E-state index contributed by atoms with van der Waals surface area (Å²) >= 11 is 5.95. The zero-order valence-corrected chi connectivity index (χ0v) is 21.0. The van der Waals surface area contributed by atoms with Gasteiger partial charge in [0.2, 0.25) is 0 Å². The van der Waals surface area contributed by atoms with Gasteiger partial charge in [0.05, 0.1) is 22.4 Å². The summed E-state index contributed by atoms with van der Waals surface area (Å²) in [5.74, 6) is -0.132. The molecule has 0 aliphatic rings. The molecule has 36 heavy (non-hydrogen) atoms. The van der Waals surface area contributed by atoms with E-state index in [0.717, 1.165) is 51.1 Å². The zero-order chi connectivity index (χ0) is 25.1. The van der Waals surface area contributed by atoms with Crippen molar-refractivity contribution in [3.63, 3.8) is 0 Å². The van der Waals surface area contributed by atoms with Gasteiger partial charge in [-0.2, -0.15) is 0 Å². The van der Waals surface area contributed by atoms with Crippen LogP contribution in [0.25, 0.3) is 33.5 Å². The van der Waals surface area contributed by atoms with Crippen molar-refractivity contribution in [2.45, 2.75) is 20.3 Å². The Morgan fingerprint density at radius 1 is 0.750 bits per heavy atom. The van der Waals surface area contributed by atoms with Gasteiger partial charge in [0.25, 0.3) is 5.91 Å². The van der Waals surface area contributed by atoms with Gasteiger partial charge in [0.15, 0.2) is 0 Å². The Morgan fingerprint density at radius 3 is 1.97 bits per heavy atom. The Morgan fingerprint density at radius 2 is 1.36 bits per heavy atom. The van der Waals surface area contributed by atoms with Crippen LogP contribution in [-0.4, -0.2) is 22.4 Å². The first-order valence-electron chi connectivity index (χ1n) is 11.9. The van der Waals surface area contributed by atoms with Crippen LogP contribution in [0.15, 0.2) is 91.0 Å². The molecule has 5 rings (SSSR count). The van der Waals surface area contributed by atoms with Crippen LogP contribution < -0.4 is 5.32 Å². The molecule has 0 spiro atoms. The number of halogens is 1. The van der Waals surface area contributed by atoms with Crippen molar-refractivity contribution in [2.24, 2.45) is 0 Å². The summed E-state index contributed by atoms with van der Waals surface area (Å²) in [4.78, 5) is 22.9. The van der Waals surface area contributed by atoms with Crippen LogP contribution >= 0.6 is 11.6 Å². The molecule has 0 unspecified atom stereocenters. The second-order valence-corrected chi connectivity index (χ2v) is 9.43. The van der Waals surface area contributed by atoms with E-state index >= 15 is 0 Å². The van der Waals surface area contributed by atoms with Gasteiger partial charge in [0, 0.05) is 28.3 Å². The molecule has 1 aromatic heterocycles. The number of carbonyl (C=O) groups excluding carboxylic acids is 1. The maximum atomic E-state index is 12.9. The van der Waals surface area contributed by atoms with Crippen LogP contribution in [0.3, 0.4) is 0 Å². The van der Waals surface area contributed by atoms with E-state index in [1.54, 1.807) is 6.07 Å². The van der Waals surface area contributed by atoms with Gasteiger partial charge in [-0.25, -0.2) is 9.97 Å². The van der Waals surface area contributed by atoms with Crippen molar-refractivity contribution in [2.75, 3.05) is 6.54 Å². The molecule has 0 fully saturated rings. The number of rotatable bonds is 6. The number of aromatic nitrogens is 2. The van der Waals surface area contributed by atoms with Crippen molar-refractivity contribution >= 4 is 28.5 Å². The van der Waals surface area contributed by atoms with Crippen LogP contribution in [0, 0.1) is 13.8 Å². The molecule has 0 bridgehead atoms. The fourth-order valence-electron chi connectivity index (χ4n) is 4.26. The molecule has 0 saturated carbocycles. The Hall–Kier alpha value is -4.02. The van der Waals surface area contributed by atoms with E-state index in [9.17, 15) is 4.79 Å². The molecular weight excluding hydrogens is 466 g/mol. The van der Waals surface area contributed by atoms with E-state index in [1.807, 2.05) is 48.5 Å². The SMILES string of the molecule is Cc1cccc(-c2nc3ccc(C(=O)NCCc4ccc(Cl)cc4)cc3nc2-c2cccc(C)c2)c1. The molecule has 5 heteroatoms. The van der Waals surface area contributed by atoms with Gasteiger partial charge in [-0.3, -0.25) is 4.79 Å². The molecular formula is C31H26ClN3O. The maximum absolute atomic E-state index is 12.9. The minimum absolute atomic E-state index is 0.132. The van der Waals surface area contributed by atoms with Gasteiger partial charge in [0.1, 0.15) is 0 Å². The first-order chi connectivity index (χ1) is 17.5. The number of benzene rings is 4. The summed E-state index contributed by atoms with van der Waals surface area (Å²) in [7, 11) is 0. The van der Waals surface area contributed by atoms with Crippen molar-refractivity contribution in [1.29, 1.82) is 0 Å². The summed E-state index contributed by atoms with van der Waals surface area (Å²) in [6.45, 7) is 4.67. The number of hydrogen-bond acceptors (Lipinski definition) is 3. The van der Waals surface area contributed by atoms with Crippen molar-refractivity contribution in [1.82, 2.24) is 15.3 Å². The summed E-state index contributed by atoms with van der Waals surface area (Å²) in [5.41, 5.74) is 9.09. The predicted octanol–water partition coefficient (Wildman–Crippen LogP) is 7.21. The quantitative estimate of drug-likeness (QED) is 0.273. The molecule has 0 radical (unpaired) electrons. The molecule has 0 atom stereocenters. The molecule has 1 heterocycles. The second kappa shape index (κ2) is 10.3. The molecule has 178 valence electrons. The predicted molar refractivity (Wildman–Crippen MR) is 147 cm³/mol. The number of nitrogens with one attached hydrogen (secondary N) is 1. The Balaban J connectivity index is 1.47. The van der Waals surface area contributed by atoms with Gasteiger partial charge >= 0.3 is 0 Å². The summed E-state index contributed by atoms with van der Waals surface area (Å²) in [6.07, 6.45) is 0.730. The fourth-order valence-corrected chi connectivity index (χ4v) is 4.38. The van der Waals surface area contributed by atoms with Crippen LogP contribution in [-0.2, 0) is 6.42 Å². The van der Waals surface area contributed by atoms with Gasteiger partial charge in [-0.05, 0) is 68.3 Å². The third-order valence-corrected chi connectivity index (χ3v) is 6.37. The summed E-state index contributed by atoms with van der Waals surface area (Å²) in [5, 5.41) is 3.71. The lowest BCUT2D eigenvalue weighted by molar-refractivity contribution is 0.0954. The van der Waals surface area contributed by atoms with E-state index in [1.165, 1.54) is 0 Å². The highest BCUT2D eigenvalue weighted by molar-refractivity contribution is 6.30. The van der Waals surface area contributed by atoms with E-state index in [-0.39, 0.29) is 5.91 Å². The smallest absolute Gasteiger partial charge is 0.251 e. The molecule has 0 saturated heterocycles. The highest BCUT2D eigenvalue weighted by Crippen LogP contribution is 2.32.